The Bertz CT molecular complexity index is 1670. The summed E-state index contributed by atoms with van der Waals surface area (Å²) in [4.78, 5) is 28.4. The molecule has 0 bridgehead atoms. The van der Waals surface area contributed by atoms with E-state index < -0.39 is 5.41 Å². The standard InChI is InChI=1S/C36H47N7O2/c1-5-6-15-30-29(24-25-17-19-26(20-18-25)27-13-8-9-14-28(27)32-38-40-41-39-32)33(44)42-23-12-16-31(43(30)42)36(21-10-7-11-22-36)34(45)37-35(2,3)4/h8-9,13-14,17-20,31H,5-7,10-12,15-16,21-24H2,1-4H3,(H,37,45)(H,38,39,40,41). The molecule has 45 heavy (non-hydrogen) atoms. The van der Waals surface area contributed by atoms with Gasteiger partial charge in [-0.05, 0) is 86.4 Å². The number of amides is 1. The number of tetrazole rings is 1. The molecule has 1 aliphatic heterocycles. The number of aromatic amines is 1. The molecule has 1 fully saturated rings. The Labute approximate surface area is 265 Å². The zero-order valence-corrected chi connectivity index (χ0v) is 27.2. The van der Waals surface area contributed by atoms with Gasteiger partial charge < -0.3 is 5.32 Å². The summed E-state index contributed by atoms with van der Waals surface area (Å²) in [6.07, 6.45) is 10.4. The van der Waals surface area contributed by atoms with Crippen molar-refractivity contribution in [2.24, 2.45) is 5.41 Å². The zero-order chi connectivity index (χ0) is 31.6. The van der Waals surface area contributed by atoms with Gasteiger partial charge in [0.1, 0.15) is 0 Å². The van der Waals surface area contributed by atoms with Crippen LogP contribution in [0.2, 0.25) is 0 Å². The van der Waals surface area contributed by atoms with Gasteiger partial charge in [0.25, 0.3) is 5.56 Å². The molecule has 2 aromatic carbocycles. The summed E-state index contributed by atoms with van der Waals surface area (Å²) >= 11 is 0. The second kappa shape index (κ2) is 12.8. The quantitative estimate of drug-likeness (QED) is 0.221. The Kier molecular flexibility index (Phi) is 8.80. The SMILES string of the molecule is CCCCc1c(Cc2ccc(-c3ccccc3-c3nnn[nH]3)cc2)c(=O)n2n1C(C1(C(=O)NC(C)(C)C)CCCCC1)CCC2. The average Bonchev–Trinajstić information content (AvgIpc) is 3.67. The Hall–Kier alpha value is -4.01. The molecule has 1 aliphatic carbocycles. The number of carbonyl (C=O) groups is 1. The van der Waals surface area contributed by atoms with Gasteiger partial charge in [-0.25, -0.2) is 9.78 Å². The third-order valence-corrected chi connectivity index (χ3v) is 9.79. The predicted octanol–water partition coefficient (Wildman–Crippen LogP) is 6.63. The van der Waals surface area contributed by atoms with Gasteiger partial charge in [-0.2, -0.15) is 0 Å². The minimum absolute atomic E-state index is 0.00772. The van der Waals surface area contributed by atoms with Gasteiger partial charge in [-0.3, -0.25) is 14.3 Å². The summed E-state index contributed by atoms with van der Waals surface area (Å²) in [7, 11) is 0. The fourth-order valence-electron chi connectivity index (χ4n) is 7.66. The summed E-state index contributed by atoms with van der Waals surface area (Å²) in [6, 6.07) is 16.6. The maximum Gasteiger partial charge on any atom is 0.270 e. The third-order valence-electron chi connectivity index (χ3n) is 9.79. The maximum absolute atomic E-state index is 14.2. The number of hydrogen-bond acceptors (Lipinski definition) is 5. The largest absolute Gasteiger partial charge is 0.351 e. The van der Waals surface area contributed by atoms with Gasteiger partial charge in [-0.15, -0.1) is 5.10 Å². The van der Waals surface area contributed by atoms with E-state index in [1.54, 1.807) is 0 Å². The van der Waals surface area contributed by atoms with Gasteiger partial charge in [0.2, 0.25) is 5.91 Å². The summed E-state index contributed by atoms with van der Waals surface area (Å²) in [5, 5.41) is 17.8. The molecule has 4 aromatic rings. The molecule has 9 heteroatoms. The Morgan fingerprint density at radius 2 is 1.76 bits per heavy atom. The van der Waals surface area contributed by atoms with E-state index in [0.717, 1.165) is 91.3 Å². The molecule has 1 saturated carbocycles. The minimum Gasteiger partial charge on any atom is -0.351 e. The minimum atomic E-state index is -0.495. The molecular formula is C36H47N7O2. The molecule has 2 aliphatic rings. The number of nitrogens with one attached hydrogen (secondary N) is 2. The van der Waals surface area contributed by atoms with Crippen molar-refractivity contribution in [3.05, 3.63) is 75.7 Å². The average molecular weight is 610 g/mol. The Balaban J connectivity index is 1.37. The number of carbonyl (C=O) groups excluding carboxylic acids is 1. The topological polar surface area (TPSA) is 110 Å². The van der Waals surface area contributed by atoms with E-state index in [1.807, 2.05) is 22.9 Å². The lowest BCUT2D eigenvalue weighted by Crippen LogP contribution is -2.54. The van der Waals surface area contributed by atoms with Crippen LogP contribution in [0.4, 0.5) is 0 Å². The molecule has 0 radical (unpaired) electrons. The molecule has 6 rings (SSSR count). The highest BCUT2D eigenvalue weighted by Crippen LogP contribution is 2.49. The molecular weight excluding hydrogens is 562 g/mol. The lowest BCUT2D eigenvalue weighted by atomic mass is 9.66. The monoisotopic (exact) mass is 609 g/mol. The van der Waals surface area contributed by atoms with Gasteiger partial charge in [0.15, 0.2) is 5.82 Å². The molecule has 3 heterocycles. The molecule has 0 spiro atoms. The van der Waals surface area contributed by atoms with Gasteiger partial charge in [0, 0.05) is 35.3 Å². The normalized spacial score (nSPS) is 18.0. The summed E-state index contributed by atoms with van der Waals surface area (Å²) in [5.41, 5.74) is 5.48. The fourth-order valence-corrected chi connectivity index (χ4v) is 7.66. The van der Waals surface area contributed by atoms with Crippen LogP contribution in [-0.4, -0.2) is 41.4 Å². The van der Waals surface area contributed by atoms with Crippen LogP contribution in [0.1, 0.15) is 108 Å². The Morgan fingerprint density at radius 3 is 2.42 bits per heavy atom. The molecule has 1 amide bonds. The molecule has 238 valence electrons. The van der Waals surface area contributed by atoms with Crippen LogP contribution in [0.25, 0.3) is 22.5 Å². The van der Waals surface area contributed by atoms with E-state index in [-0.39, 0.29) is 23.0 Å². The second-order valence-electron chi connectivity index (χ2n) is 14.0. The van der Waals surface area contributed by atoms with Crippen molar-refractivity contribution in [2.75, 3.05) is 0 Å². The van der Waals surface area contributed by atoms with E-state index in [9.17, 15) is 9.59 Å². The van der Waals surface area contributed by atoms with Crippen LogP contribution in [0.3, 0.4) is 0 Å². The van der Waals surface area contributed by atoms with Crippen molar-refractivity contribution in [2.45, 2.75) is 116 Å². The lowest BCUT2D eigenvalue weighted by molar-refractivity contribution is -0.139. The van der Waals surface area contributed by atoms with Crippen LogP contribution >= 0.6 is 0 Å². The molecule has 0 saturated heterocycles. The number of hydrogen-bond donors (Lipinski definition) is 2. The van der Waals surface area contributed by atoms with E-state index in [1.165, 1.54) is 6.42 Å². The van der Waals surface area contributed by atoms with Crippen molar-refractivity contribution in [3.63, 3.8) is 0 Å². The van der Waals surface area contributed by atoms with Crippen LogP contribution in [0, 0.1) is 5.41 Å². The highest BCUT2D eigenvalue weighted by molar-refractivity contribution is 5.84. The van der Waals surface area contributed by atoms with Gasteiger partial charge in [-0.1, -0.05) is 81.1 Å². The first-order valence-electron chi connectivity index (χ1n) is 16.8. The number of nitrogens with zero attached hydrogens (tertiary/aromatic N) is 5. The fraction of sp³-hybridized carbons (Fsp3) is 0.528. The van der Waals surface area contributed by atoms with E-state index in [4.69, 9.17) is 0 Å². The summed E-state index contributed by atoms with van der Waals surface area (Å²) in [6.45, 7) is 9.10. The molecule has 9 nitrogen and oxygen atoms in total. The number of unbranched alkanes of at least 4 members (excludes halogenated alkanes) is 1. The first kappa shape index (κ1) is 31.0. The van der Waals surface area contributed by atoms with Crippen molar-refractivity contribution in [1.82, 2.24) is 35.3 Å². The predicted molar refractivity (Wildman–Crippen MR) is 177 cm³/mol. The van der Waals surface area contributed by atoms with Crippen LogP contribution in [-0.2, 0) is 24.2 Å². The Morgan fingerprint density at radius 1 is 1.02 bits per heavy atom. The second-order valence-corrected chi connectivity index (χ2v) is 14.0. The van der Waals surface area contributed by atoms with Gasteiger partial charge in [0.05, 0.1) is 11.5 Å². The van der Waals surface area contributed by atoms with Crippen LogP contribution in [0.15, 0.2) is 53.3 Å². The highest BCUT2D eigenvalue weighted by atomic mass is 16.2. The van der Waals surface area contributed by atoms with E-state index >= 15 is 0 Å². The molecule has 1 unspecified atom stereocenters. The zero-order valence-electron chi connectivity index (χ0n) is 27.2. The number of H-pyrrole nitrogens is 1. The summed E-state index contributed by atoms with van der Waals surface area (Å²) < 4.78 is 4.31. The van der Waals surface area contributed by atoms with Crippen LogP contribution < -0.4 is 10.9 Å². The molecule has 1 atom stereocenters. The third kappa shape index (κ3) is 6.14. The van der Waals surface area contributed by atoms with Crippen molar-refractivity contribution in [1.29, 1.82) is 0 Å². The van der Waals surface area contributed by atoms with E-state index in [2.05, 4.69) is 88.6 Å². The maximum atomic E-state index is 14.2. The number of benzene rings is 2. The summed E-state index contributed by atoms with van der Waals surface area (Å²) in [5.74, 6) is 0.790. The smallest absolute Gasteiger partial charge is 0.270 e. The van der Waals surface area contributed by atoms with Crippen molar-refractivity contribution in [3.8, 4) is 22.5 Å². The number of fused-ring (bicyclic) bond motifs is 1. The number of aromatic nitrogens is 6. The lowest BCUT2D eigenvalue weighted by Gasteiger charge is -2.46. The molecule has 2 N–H and O–H groups in total. The molecule has 2 aromatic heterocycles. The van der Waals surface area contributed by atoms with Crippen LogP contribution in [0.5, 0.6) is 0 Å². The van der Waals surface area contributed by atoms with Crippen molar-refractivity contribution < 1.29 is 4.79 Å². The first-order chi connectivity index (χ1) is 21.7. The first-order valence-corrected chi connectivity index (χ1v) is 16.8. The number of rotatable bonds is 9. The highest BCUT2D eigenvalue weighted by Gasteiger charge is 2.50. The van der Waals surface area contributed by atoms with E-state index in [0.29, 0.717) is 18.8 Å². The van der Waals surface area contributed by atoms with Gasteiger partial charge >= 0.3 is 0 Å². The van der Waals surface area contributed by atoms with Crippen molar-refractivity contribution >= 4 is 5.91 Å².